The van der Waals surface area contributed by atoms with Gasteiger partial charge in [0.1, 0.15) is 17.8 Å². The molecule has 1 aromatic rings. The first-order chi connectivity index (χ1) is 8.55. The first-order valence-corrected chi connectivity index (χ1v) is 6.53. The number of unbranched alkanes of at least 4 members (excludes halogenated alkanes) is 1. The zero-order chi connectivity index (χ0) is 13.2. The predicted molar refractivity (Wildman–Crippen MR) is 70.0 cm³/mol. The number of carbonyl (C=O) groups is 1. The Hall–Kier alpha value is -1.51. The minimum Gasteiger partial charge on any atom is -0.492 e. The van der Waals surface area contributed by atoms with E-state index >= 15 is 0 Å². The highest BCUT2D eigenvalue weighted by molar-refractivity contribution is 5.75. The van der Waals surface area contributed by atoms with Crippen molar-refractivity contribution in [1.29, 1.82) is 0 Å². The summed E-state index contributed by atoms with van der Waals surface area (Å²) in [6, 6.07) is 6.17. The Bertz CT molecular complexity index is 453. The highest BCUT2D eigenvalue weighted by Crippen LogP contribution is 2.35. The number of carboxylic acid groups (broad SMARTS) is 1. The summed E-state index contributed by atoms with van der Waals surface area (Å²) in [5, 5.41) is 9.21. The topological polar surface area (TPSA) is 46.5 Å². The van der Waals surface area contributed by atoms with E-state index in [2.05, 4.69) is 19.1 Å². The molecular weight excluding hydrogens is 228 g/mol. The maximum atomic E-state index is 11.2. The molecule has 0 saturated carbocycles. The SMILES string of the molecule is CCCCc1ccc2c(c1)OCC(C)(C(=O)O)C2. The second-order valence-corrected chi connectivity index (χ2v) is 5.38. The largest absolute Gasteiger partial charge is 0.492 e. The number of aryl methyl sites for hydroxylation is 1. The van der Waals surface area contributed by atoms with E-state index in [0.717, 1.165) is 17.7 Å². The van der Waals surface area contributed by atoms with Crippen molar-refractivity contribution in [2.45, 2.75) is 39.5 Å². The van der Waals surface area contributed by atoms with Crippen LogP contribution >= 0.6 is 0 Å². The number of benzene rings is 1. The highest BCUT2D eigenvalue weighted by atomic mass is 16.5. The third-order valence-electron chi connectivity index (χ3n) is 3.59. The molecule has 3 heteroatoms. The van der Waals surface area contributed by atoms with Crippen molar-refractivity contribution < 1.29 is 14.6 Å². The van der Waals surface area contributed by atoms with Crippen molar-refractivity contribution in [2.75, 3.05) is 6.61 Å². The monoisotopic (exact) mass is 248 g/mol. The molecule has 0 radical (unpaired) electrons. The summed E-state index contributed by atoms with van der Waals surface area (Å²) >= 11 is 0. The molecule has 18 heavy (non-hydrogen) atoms. The lowest BCUT2D eigenvalue weighted by Crippen LogP contribution is -2.39. The minimum atomic E-state index is -0.794. The van der Waals surface area contributed by atoms with Crippen LogP contribution in [0.1, 0.15) is 37.8 Å². The molecule has 1 atom stereocenters. The van der Waals surface area contributed by atoms with Crippen molar-refractivity contribution >= 4 is 5.97 Å². The van der Waals surface area contributed by atoms with Gasteiger partial charge in [-0.2, -0.15) is 0 Å². The summed E-state index contributed by atoms with van der Waals surface area (Å²) in [7, 11) is 0. The summed E-state index contributed by atoms with van der Waals surface area (Å²) in [4.78, 5) is 11.2. The molecular formula is C15H20O3. The molecule has 98 valence electrons. The van der Waals surface area contributed by atoms with Crippen LogP contribution in [0.15, 0.2) is 18.2 Å². The molecule has 1 aliphatic heterocycles. The Labute approximate surface area is 108 Å². The van der Waals surface area contributed by atoms with Gasteiger partial charge in [-0.25, -0.2) is 0 Å². The maximum absolute atomic E-state index is 11.2. The minimum absolute atomic E-state index is 0.257. The number of hydrogen-bond donors (Lipinski definition) is 1. The Morgan fingerprint density at radius 2 is 2.28 bits per heavy atom. The van der Waals surface area contributed by atoms with E-state index < -0.39 is 11.4 Å². The summed E-state index contributed by atoms with van der Waals surface area (Å²) < 4.78 is 5.64. The van der Waals surface area contributed by atoms with Gasteiger partial charge in [0, 0.05) is 0 Å². The van der Waals surface area contributed by atoms with Gasteiger partial charge in [-0.1, -0.05) is 25.5 Å². The van der Waals surface area contributed by atoms with Crippen LogP contribution in [0.3, 0.4) is 0 Å². The van der Waals surface area contributed by atoms with Crippen LogP contribution in [0, 0.1) is 5.41 Å². The van der Waals surface area contributed by atoms with E-state index in [1.54, 1.807) is 6.92 Å². The molecule has 1 N–H and O–H groups in total. The van der Waals surface area contributed by atoms with E-state index in [0.29, 0.717) is 6.42 Å². The lowest BCUT2D eigenvalue weighted by molar-refractivity contribution is -0.150. The van der Waals surface area contributed by atoms with Crippen LogP contribution in [-0.2, 0) is 17.6 Å². The quantitative estimate of drug-likeness (QED) is 0.890. The number of rotatable bonds is 4. The first-order valence-electron chi connectivity index (χ1n) is 6.53. The van der Waals surface area contributed by atoms with E-state index in [1.165, 1.54) is 18.4 Å². The average Bonchev–Trinajstić information content (AvgIpc) is 2.36. The van der Waals surface area contributed by atoms with Crippen molar-refractivity contribution in [1.82, 2.24) is 0 Å². The van der Waals surface area contributed by atoms with Gasteiger partial charge in [-0.15, -0.1) is 0 Å². The summed E-state index contributed by atoms with van der Waals surface area (Å²) in [5.41, 5.74) is 1.48. The second-order valence-electron chi connectivity index (χ2n) is 5.38. The van der Waals surface area contributed by atoms with Crippen LogP contribution in [0.2, 0.25) is 0 Å². The third kappa shape index (κ3) is 2.50. The molecule has 0 saturated heterocycles. The number of hydrogen-bond acceptors (Lipinski definition) is 2. The highest BCUT2D eigenvalue weighted by Gasteiger charge is 2.38. The Morgan fingerprint density at radius 3 is 2.94 bits per heavy atom. The van der Waals surface area contributed by atoms with Crippen molar-refractivity contribution in [2.24, 2.45) is 5.41 Å². The molecule has 0 bridgehead atoms. The van der Waals surface area contributed by atoms with Crippen molar-refractivity contribution in [3.63, 3.8) is 0 Å². The van der Waals surface area contributed by atoms with Gasteiger partial charge < -0.3 is 9.84 Å². The fourth-order valence-electron chi connectivity index (χ4n) is 2.26. The van der Waals surface area contributed by atoms with Crippen LogP contribution in [-0.4, -0.2) is 17.7 Å². The van der Waals surface area contributed by atoms with Crippen LogP contribution in [0.4, 0.5) is 0 Å². The third-order valence-corrected chi connectivity index (χ3v) is 3.59. The van der Waals surface area contributed by atoms with Gasteiger partial charge in [0.05, 0.1) is 0 Å². The molecule has 3 nitrogen and oxygen atoms in total. The molecule has 0 amide bonds. The van der Waals surface area contributed by atoms with E-state index in [9.17, 15) is 9.90 Å². The fourth-order valence-corrected chi connectivity index (χ4v) is 2.26. The Balaban J connectivity index is 2.18. The average molecular weight is 248 g/mol. The zero-order valence-corrected chi connectivity index (χ0v) is 11.0. The van der Waals surface area contributed by atoms with Gasteiger partial charge in [0.2, 0.25) is 0 Å². The smallest absolute Gasteiger partial charge is 0.313 e. The molecule has 0 aromatic heterocycles. The lowest BCUT2D eigenvalue weighted by Gasteiger charge is -2.31. The van der Waals surface area contributed by atoms with Gasteiger partial charge in [0.25, 0.3) is 0 Å². The fraction of sp³-hybridized carbons (Fsp3) is 0.533. The second kappa shape index (κ2) is 5.01. The van der Waals surface area contributed by atoms with Gasteiger partial charge in [0.15, 0.2) is 0 Å². The number of aliphatic carboxylic acids is 1. The van der Waals surface area contributed by atoms with Crippen molar-refractivity contribution in [3.05, 3.63) is 29.3 Å². The first kappa shape index (κ1) is 12.9. The zero-order valence-electron chi connectivity index (χ0n) is 11.0. The van der Waals surface area contributed by atoms with Gasteiger partial charge >= 0.3 is 5.97 Å². The van der Waals surface area contributed by atoms with Crippen LogP contribution in [0.5, 0.6) is 5.75 Å². The molecule has 0 fully saturated rings. The van der Waals surface area contributed by atoms with Gasteiger partial charge in [-0.05, 0) is 43.4 Å². The molecule has 1 aliphatic rings. The van der Waals surface area contributed by atoms with E-state index in [-0.39, 0.29) is 6.61 Å². The number of ether oxygens (including phenoxy) is 1. The summed E-state index contributed by atoms with van der Waals surface area (Å²) in [5.74, 6) is 0.0746. The standard InChI is InChI=1S/C15H20O3/c1-3-4-5-11-6-7-12-9-15(2,14(16)17)10-18-13(12)8-11/h6-8H,3-5,9-10H2,1-2H3,(H,16,17). The van der Waals surface area contributed by atoms with Crippen LogP contribution < -0.4 is 4.74 Å². The predicted octanol–water partition coefficient (Wildman–Crippen LogP) is 3.06. The summed E-state index contributed by atoms with van der Waals surface area (Å²) in [6.45, 7) is 4.17. The molecule has 1 heterocycles. The number of fused-ring (bicyclic) bond motifs is 1. The molecule has 0 spiro atoms. The molecule has 1 unspecified atom stereocenters. The summed E-state index contributed by atoms with van der Waals surface area (Å²) in [6.07, 6.45) is 3.95. The van der Waals surface area contributed by atoms with Gasteiger partial charge in [-0.3, -0.25) is 4.79 Å². The van der Waals surface area contributed by atoms with E-state index in [4.69, 9.17) is 4.74 Å². The Kier molecular flexibility index (Phi) is 3.60. The number of carboxylic acids is 1. The normalized spacial score (nSPS) is 22.1. The maximum Gasteiger partial charge on any atom is 0.313 e. The molecule has 0 aliphatic carbocycles. The lowest BCUT2D eigenvalue weighted by atomic mass is 9.82. The van der Waals surface area contributed by atoms with E-state index in [1.807, 2.05) is 6.07 Å². The Morgan fingerprint density at radius 1 is 1.50 bits per heavy atom. The van der Waals surface area contributed by atoms with Crippen molar-refractivity contribution in [3.8, 4) is 5.75 Å². The molecule has 2 rings (SSSR count). The molecule has 1 aromatic carbocycles. The van der Waals surface area contributed by atoms with Crippen LogP contribution in [0.25, 0.3) is 0 Å².